The predicted octanol–water partition coefficient (Wildman–Crippen LogP) is 3.39. The Morgan fingerprint density at radius 2 is 1.56 bits per heavy atom. The molecule has 0 fully saturated rings. The Labute approximate surface area is 106 Å². The number of carboxylic acids is 1. The highest BCUT2D eigenvalue weighted by atomic mass is 16.4. The van der Waals surface area contributed by atoms with E-state index in [2.05, 4.69) is 0 Å². The van der Waals surface area contributed by atoms with Crippen molar-refractivity contribution in [3.63, 3.8) is 0 Å². The molecule has 0 saturated carbocycles. The summed E-state index contributed by atoms with van der Waals surface area (Å²) in [5.74, 6) is -0.542. The van der Waals surface area contributed by atoms with E-state index in [0.29, 0.717) is 11.3 Å². The van der Waals surface area contributed by atoms with Crippen LogP contribution in [0.4, 0.5) is 0 Å². The van der Waals surface area contributed by atoms with Gasteiger partial charge in [0, 0.05) is 0 Å². The molecule has 3 heteroatoms. The first-order valence-electron chi connectivity index (χ1n) is 5.54. The average molecular weight is 244 g/mol. The fourth-order valence-electron chi connectivity index (χ4n) is 1.32. The van der Waals surface area contributed by atoms with Crippen LogP contribution in [0.15, 0.2) is 48.5 Å². The van der Waals surface area contributed by atoms with Crippen molar-refractivity contribution < 1.29 is 15.0 Å². The summed E-state index contributed by atoms with van der Waals surface area (Å²) < 4.78 is 0. The molecule has 3 nitrogen and oxygen atoms in total. The number of aryl methyl sites for hydroxylation is 2. The molecule has 0 radical (unpaired) electrons. The summed E-state index contributed by atoms with van der Waals surface area (Å²) in [6.07, 6.45) is 0. The quantitative estimate of drug-likeness (QED) is 0.808. The maximum atomic E-state index is 10.4. The second-order valence-electron chi connectivity index (χ2n) is 4.01. The molecule has 0 atom stereocenters. The highest BCUT2D eigenvalue weighted by molar-refractivity contribution is 5.87. The van der Waals surface area contributed by atoms with Crippen molar-refractivity contribution in [1.82, 2.24) is 0 Å². The van der Waals surface area contributed by atoms with Crippen LogP contribution in [0.3, 0.4) is 0 Å². The Morgan fingerprint density at radius 1 is 0.944 bits per heavy atom. The maximum absolute atomic E-state index is 10.4. The third kappa shape index (κ3) is 4.70. The van der Waals surface area contributed by atoms with E-state index in [-0.39, 0.29) is 0 Å². The highest BCUT2D eigenvalue weighted by Gasteiger charge is 1.99. The third-order valence-electron chi connectivity index (χ3n) is 2.30. The number of hydrogen-bond donors (Lipinski definition) is 2. The molecule has 0 saturated heterocycles. The lowest BCUT2D eigenvalue weighted by Gasteiger charge is -1.93. The van der Waals surface area contributed by atoms with E-state index in [9.17, 15) is 4.79 Å². The van der Waals surface area contributed by atoms with Gasteiger partial charge >= 0.3 is 5.97 Å². The van der Waals surface area contributed by atoms with Crippen molar-refractivity contribution in [1.29, 1.82) is 0 Å². The fourth-order valence-corrected chi connectivity index (χ4v) is 1.32. The molecule has 2 aromatic carbocycles. The summed E-state index contributed by atoms with van der Waals surface area (Å²) in [7, 11) is 0. The van der Waals surface area contributed by atoms with Crippen LogP contribution in [0.25, 0.3) is 0 Å². The molecule has 0 bridgehead atoms. The Hall–Kier alpha value is -2.29. The zero-order chi connectivity index (χ0) is 13.5. The van der Waals surface area contributed by atoms with Gasteiger partial charge in [-0.15, -0.1) is 0 Å². The van der Waals surface area contributed by atoms with Crippen LogP contribution >= 0.6 is 0 Å². The van der Waals surface area contributed by atoms with Crippen LogP contribution in [-0.4, -0.2) is 16.2 Å². The summed E-state index contributed by atoms with van der Waals surface area (Å²) in [6, 6.07) is 13.9. The average Bonchev–Trinajstić information content (AvgIpc) is 2.34. The van der Waals surface area contributed by atoms with Crippen LogP contribution < -0.4 is 0 Å². The van der Waals surface area contributed by atoms with Crippen LogP contribution in [0.1, 0.15) is 21.5 Å². The molecule has 0 aliphatic carbocycles. The van der Waals surface area contributed by atoms with Crippen LogP contribution in [-0.2, 0) is 0 Å². The van der Waals surface area contributed by atoms with Gasteiger partial charge in [-0.3, -0.25) is 0 Å². The predicted molar refractivity (Wildman–Crippen MR) is 71.0 cm³/mol. The smallest absolute Gasteiger partial charge is 0.335 e. The van der Waals surface area contributed by atoms with Gasteiger partial charge in [0.15, 0.2) is 0 Å². The van der Waals surface area contributed by atoms with Gasteiger partial charge in [0.05, 0.1) is 5.56 Å². The molecule has 2 N–H and O–H groups in total. The van der Waals surface area contributed by atoms with Crippen LogP contribution in [0, 0.1) is 13.8 Å². The number of phenols is 1. The number of carboxylic acid groups (broad SMARTS) is 1. The first-order valence-corrected chi connectivity index (χ1v) is 5.54. The molecule has 0 aliphatic rings. The maximum Gasteiger partial charge on any atom is 0.335 e. The van der Waals surface area contributed by atoms with Gasteiger partial charge in [-0.1, -0.05) is 35.4 Å². The highest BCUT2D eigenvalue weighted by Crippen LogP contribution is 2.07. The first kappa shape index (κ1) is 13.8. The largest absolute Gasteiger partial charge is 0.508 e. The number of rotatable bonds is 1. The molecule has 2 aromatic rings. The molecule has 94 valence electrons. The number of aromatic carboxylic acids is 1. The normalized spacial score (nSPS) is 9.22. The van der Waals surface area contributed by atoms with Gasteiger partial charge in [-0.25, -0.2) is 4.79 Å². The third-order valence-corrected chi connectivity index (χ3v) is 2.30. The number of phenolic OH excluding ortho intramolecular Hbond substituents is 1. The van der Waals surface area contributed by atoms with Gasteiger partial charge in [0.25, 0.3) is 0 Å². The standard InChI is InChI=1S/C8H8O2.C7H8O/c1-6-3-2-4-7(5-6)8(9)10;1-6-2-4-7(8)5-3-6/h2-5H,1H3,(H,9,10);2-5,8H,1H3. The molecular weight excluding hydrogens is 228 g/mol. The Morgan fingerprint density at radius 3 is 1.94 bits per heavy atom. The number of aromatic hydroxyl groups is 1. The molecule has 0 aromatic heterocycles. The van der Waals surface area contributed by atoms with Crippen LogP contribution in [0.2, 0.25) is 0 Å². The summed E-state index contributed by atoms with van der Waals surface area (Å²) in [4.78, 5) is 10.4. The molecule has 0 aliphatic heterocycles. The van der Waals surface area contributed by atoms with Gasteiger partial charge in [-0.2, -0.15) is 0 Å². The Balaban J connectivity index is 0.000000184. The SMILES string of the molecule is Cc1ccc(O)cc1.Cc1cccc(C(=O)O)c1. The van der Waals surface area contributed by atoms with Crippen LogP contribution in [0.5, 0.6) is 5.75 Å². The zero-order valence-corrected chi connectivity index (χ0v) is 10.4. The topological polar surface area (TPSA) is 57.5 Å². The first-order chi connectivity index (χ1) is 8.49. The minimum Gasteiger partial charge on any atom is -0.508 e. The summed E-state index contributed by atoms with van der Waals surface area (Å²) in [5, 5.41) is 17.3. The molecule has 0 heterocycles. The van der Waals surface area contributed by atoms with E-state index in [1.54, 1.807) is 30.3 Å². The second-order valence-corrected chi connectivity index (χ2v) is 4.01. The van der Waals surface area contributed by atoms with E-state index in [1.807, 2.05) is 32.0 Å². The summed E-state index contributed by atoms with van der Waals surface area (Å²) in [6.45, 7) is 3.85. The van der Waals surface area contributed by atoms with Gasteiger partial charge in [-0.05, 0) is 38.1 Å². The summed E-state index contributed by atoms with van der Waals surface area (Å²) >= 11 is 0. The second kappa shape index (κ2) is 6.45. The van der Waals surface area contributed by atoms with Gasteiger partial charge < -0.3 is 10.2 Å². The van der Waals surface area contributed by atoms with E-state index in [0.717, 1.165) is 5.56 Å². The van der Waals surface area contributed by atoms with Crippen molar-refractivity contribution in [3.8, 4) is 5.75 Å². The zero-order valence-electron chi connectivity index (χ0n) is 10.4. The van der Waals surface area contributed by atoms with Crippen molar-refractivity contribution in [3.05, 3.63) is 65.2 Å². The van der Waals surface area contributed by atoms with E-state index >= 15 is 0 Å². The van der Waals surface area contributed by atoms with Crippen molar-refractivity contribution in [2.45, 2.75) is 13.8 Å². The van der Waals surface area contributed by atoms with Crippen molar-refractivity contribution in [2.24, 2.45) is 0 Å². The molecular formula is C15H16O3. The molecule has 0 spiro atoms. The van der Waals surface area contributed by atoms with E-state index in [4.69, 9.17) is 10.2 Å². The molecule has 18 heavy (non-hydrogen) atoms. The lowest BCUT2D eigenvalue weighted by atomic mass is 10.1. The minimum absolute atomic E-state index is 0.329. The Kier molecular flexibility index (Phi) is 4.93. The molecule has 2 rings (SSSR count). The van der Waals surface area contributed by atoms with Crippen molar-refractivity contribution in [2.75, 3.05) is 0 Å². The minimum atomic E-state index is -0.872. The Bertz CT molecular complexity index is 495. The van der Waals surface area contributed by atoms with E-state index < -0.39 is 5.97 Å². The summed E-state index contributed by atoms with van der Waals surface area (Å²) in [5.41, 5.74) is 2.49. The monoisotopic (exact) mass is 244 g/mol. The number of carbonyl (C=O) groups is 1. The number of benzene rings is 2. The van der Waals surface area contributed by atoms with Gasteiger partial charge in [0.2, 0.25) is 0 Å². The molecule has 0 unspecified atom stereocenters. The van der Waals surface area contributed by atoms with Gasteiger partial charge in [0.1, 0.15) is 5.75 Å². The molecule has 0 amide bonds. The lowest BCUT2D eigenvalue weighted by Crippen LogP contribution is -1.95. The van der Waals surface area contributed by atoms with Crippen molar-refractivity contribution >= 4 is 5.97 Å². The lowest BCUT2D eigenvalue weighted by molar-refractivity contribution is 0.0697. The van der Waals surface area contributed by atoms with E-state index in [1.165, 1.54) is 5.56 Å². The fraction of sp³-hybridized carbons (Fsp3) is 0.133. The number of hydrogen-bond acceptors (Lipinski definition) is 2.